The van der Waals surface area contributed by atoms with E-state index >= 15 is 0 Å². The quantitative estimate of drug-likeness (QED) is 0.653. The van der Waals surface area contributed by atoms with Crippen LogP contribution in [0.15, 0.2) is 72.0 Å². The Hall–Kier alpha value is -2.81. The minimum absolute atomic E-state index is 0.222. The predicted molar refractivity (Wildman–Crippen MR) is 103 cm³/mol. The largest absolute Gasteiger partial charge is 0.289 e. The number of rotatable bonds is 4. The first-order chi connectivity index (χ1) is 12.3. The number of aryl methyl sites for hydroxylation is 1. The minimum Gasteiger partial charge on any atom is -0.289 e. The molecule has 0 amide bonds. The number of aromatic nitrogens is 2. The normalized spacial score (nSPS) is 15.2. The third kappa shape index (κ3) is 3.50. The number of dihydropyridines is 1. The van der Waals surface area contributed by atoms with Gasteiger partial charge >= 0.3 is 0 Å². The number of hydrogen-bond acceptors (Lipinski definition) is 3. The number of benzene rings is 1. The Bertz CT molecular complexity index is 939. The Balaban J connectivity index is 1.69. The van der Waals surface area contributed by atoms with Crippen molar-refractivity contribution in [2.24, 2.45) is 4.99 Å². The van der Waals surface area contributed by atoms with E-state index in [1.165, 1.54) is 22.2 Å². The molecule has 1 aromatic carbocycles. The lowest BCUT2D eigenvalue weighted by molar-refractivity contribution is 0.818. The van der Waals surface area contributed by atoms with E-state index in [9.17, 15) is 0 Å². The third-order valence-corrected chi connectivity index (χ3v) is 4.69. The Labute approximate surface area is 148 Å². The smallest absolute Gasteiger partial charge is 0.0702 e. The van der Waals surface area contributed by atoms with Crippen LogP contribution in [0.4, 0.5) is 0 Å². The molecule has 124 valence electrons. The highest BCUT2D eigenvalue weighted by molar-refractivity contribution is 5.92. The predicted octanol–water partition coefficient (Wildman–Crippen LogP) is 4.67. The molecule has 1 aliphatic rings. The molecule has 1 aliphatic heterocycles. The summed E-state index contributed by atoms with van der Waals surface area (Å²) in [5.41, 5.74) is 5.85. The minimum atomic E-state index is 0.222. The van der Waals surface area contributed by atoms with Gasteiger partial charge in [0, 0.05) is 41.5 Å². The molecule has 25 heavy (non-hydrogen) atoms. The molecule has 2 aromatic heterocycles. The second-order valence-electron chi connectivity index (χ2n) is 6.56. The van der Waals surface area contributed by atoms with Crippen molar-refractivity contribution in [2.45, 2.75) is 25.7 Å². The molecule has 0 bridgehead atoms. The van der Waals surface area contributed by atoms with E-state index in [1.807, 2.05) is 18.5 Å². The third-order valence-electron chi connectivity index (χ3n) is 4.69. The van der Waals surface area contributed by atoms with Crippen LogP contribution in [0.2, 0.25) is 0 Å². The van der Waals surface area contributed by atoms with Crippen LogP contribution in [0.25, 0.3) is 10.9 Å². The number of pyridine rings is 2. The van der Waals surface area contributed by atoms with Crippen LogP contribution in [0, 0.1) is 6.92 Å². The zero-order chi connectivity index (χ0) is 17.1. The van der Waals surface area contributed by atoms with Crippen molar-refractivity contribution in [1.29, 1.82) is 0 Å². The van der Waals surface area contributed by atoms with Gasteiger partial charge in [-0.2, -0.15) is 0 Å². The first kappa shape index (κ1) is 15.7. The van der Waals surface area contributed by atoms with Gasteiger partial charge in [-0.05, 0) is 48.7 Å². The number of allylic oxidation sites excluding steroid dienone is 1. The summed E-state index contributed by atoms with van der Waals surface area (Å²) in [4.78, 5) is 13.9. The van der Waals surface area contributed by atoms with E-state index in [0.29, 0.717) is 0 Å². The Morgan fingerprint density at radius 3 is 2.80 bits per heavy atom. The summed E-state index contributed by atoms with van der Waals surface area (Å²) in [6, 6.07) is 14.9. The van der Waals surface area contributed by atoms with Crippen molar-refractivity contribution in [3.63, 3.8) is 0 Å². The van der Waals surface area contributed by atoms with Crippen LogP contribution in [0.5, 0.6) is 0 Å². The highest BCUT2D eigenvalue weighted by atomic mass is 14.8. The van der Waals surface area contributed by atoms with Crippen molar-refractivity contribution < 1.29 is 0 Å². The zero-order valence-electron chi connectivity index (χ0n) is 14.4. The fourth-order valence-corrected chi connectivity index (χ4v) is 3.33. The number of fused-ring (bicyclic) bond motifs is 1. The van der Waals surface area contributed by atoms with Crippen molar-refractivity contribution in [1.82, 2.24) is 9.97 Å². The lowest BCUT2D eigenvalue weighted by Crippen LogP contribution is -2.18. The van der Waals surface area contributed by atoms with E-state index in [0.717, 1.165) is 30.6 Å². The second-order valence-corrected chi connectivity index (χ2v) is 6.56. The van der Waals surface area contributed by atoms with Gasteiger partial charge in [0.25, 0.3) is 0 Å². The van der Waals surface area contributed by atoms with Crippen LogP contribution in [0.1, 0.15) is 29.2 Å². The summed E-state index contributed by atoms with van der Waals surface area (Å²) < 4.78 is 0. The molecule has 0 radical (unpaired) electrons. The monoisotopic (exact) mass is 327 g/mol. The highest BCUT2D eigenvalue weighted by Gasteiger charge is 2.20. The van der Waals surface area contributed by atoms with Crippen LogP contribution >= 0.6 is 0 Å². The van der Waals surface area contributed by atoms with Gasteiger partial charge in [-0.15, -0.1) is 0 Å². The van der Waals surface area contributed by atoms with E-state index in [2.05, 4.69) is 60.5 Å². The maximum absolute atomic E-state index is 4.76. The molecule has 0 spiro atoms. The molecule has 0 saturated heterocycles. The van der Waals surface area contributed by atoms with Crippen molar-refractivity contribution >= 4 is 16.6 Å². The lowest BCUT2D eigenvalue weighted by Gasteiger charge is -2.20. The molecule has 0 N–H and O–H groups in total. The van der Waals surface area contributed by atoms with E-state index < -0.39 is 0 Å². The average Bonchev–Trinajstić information content (AvgIpc) is 2.67. The summed E-state index contributed by atoms with van der Waals surface area (Å²) in [6.07, 6.45) is 9.96. The molecule has 1 atom stereocenters. The maximum atomic E-state index is 4.76. The Morgan fingerprint density at radius 1 is 1.04 bits per heavy atom. The average molecular weight is 327 g/mol. The van der Waals surface area contributed by atoms with Gasteiger partial charge in [-0.25, -0.2) is 0 Å². The molecular weight excluding hydrogens is 306 g/mol. The molecule has 3 heteroatoms. The first-order valence-electron chi connectivity index (χ1n) is 8.74. The van der Waals surface area contributed by atoms with Crippen molar-refractivity contribution in [3.8, 4) is 0 Å². The molecule has 3 heterocycles. The Morgan fingerprint density at radius 2 is 2.00 bits per heavy atom. The molecule has 3 aromatic rings. The molecular formula is C22H21N3. The number of nitrogens with zero attached hydrogens (tertiary/aromatic N) is 3. The first-order valence-corrected chi connectivity index (χ1v) is 8.74. The zero-order valence-corrected chi connectivity index (χ0v) is 14.4. The lowest BCUT2D eigenvalue weighted by atomic mass is 9.88. The van der Waals surface area contributed by atoms with Gasteiger partial charge < -0.3 is 0 Å². The van der Waals surface area contributed by atoms with Gasteiger partial charge in [0.05, 0.1) is 12.1 Å². The van der Waals surface area contributed by atoms with Crippen molar-refractivity contribution in [3.05, 3.63) is 83.8 Å². The van der Waals surface area contributed by atoms with Crippen LogP contribution < -0.4 is 0 Å². The van der Waals surface area contributed by atoms with Gasteiger partial charge in [0.15, 0.2) is 0 Å². The van der Waals surface area contributed by atoms with Gasteiger partial charge in [-0.3, -0.25) is 15.0 Å². The summed E-state index contributed by atoms with van der Waals surface area (Å²) >= 11 is 0. The molecule has 0 aliphatic carbocycles. The van der Waals surface area contributed by atoms with Crippen LogP contribution in [-0.2, 0) is 6.42 Å². The molecule has 0 saturated carbocycles. The van der Waals surface area contributed by atoms with E-state index in [-0.39, 0.29) is 5.92 Å². The van der Waals surface area contributed by atoms with Crippen LogP contribution in [-0.4, -0.2) is 22.2 Å². The summed E-state index contributed by atoms with van der Waals surface area (Å²) in [6.45, 7) is 2.85. The molecule has 0 fully saturated rings. The second kappa shape index (κ2) is 6.98. The fourth-order valence-electron chi connectivity index (χ4n) is 3.33. The fraction of sp³-hybridized carbons (Fsp3) is 0.227. The Kier molecular flexibility index (Phi) is 4.38. The highest BCUT2D eigenvalue weighted by Crippen LogP contribution is 2.26. The topological polar surface area (TPSA) is 38.1 Å². The SMILES string of the molecule is Cc1ccc(C(Cc2ccc3ncccc3c2)C2=NCC=CC2)nc1. The molecule has 4 rings (SSSR count). The van der Waals surface area contributed by atoms with Crippen LogP contribution in [0.3, 0.4) is 0 Å². The number of hydrogen-bond donors (Lipinski definition) is 0. The van der Waals surface area contributed by atoms with Crippen molar-refractivity contribution in [2.75, 3.05) is 6.54 Å². The van der Waals surface area contributed by atoms with E-state index in [1.54, 1.807) is 0 Å². The van der Waals surface area contributed by atoms with E-state index in [4.69, 9.17) is 9.98 Å². The maximum Gasteiger partial charge on any atom is 0.0702 e. The number of aliphatic imine (C=N–C) groups is 1. The standard InChI is InChI=1S/C22H21N3/c1-16-7-9-22(25-15-16)19(21-6-2-3-11-24-21)14-17-8-10-20-18(13-17)5-4-12-23-20/h2-5,7-10,12-13,15,19H,6,11,14H2,1H3. The summed E-state index contributed by atoms with van der Waals surface area (Å²) in [7, 11) is 0. The van der Waals surface area contributed by atoms with Gasteiger partial charge in [-0.1, -0.05) is 30.4 Å². The van der Waals surface area contributed by atoms with Gasteiger partial charge in [0.1, 0.15) is 0 Å². The molecule has 3 nitrogen and oxygen atoms in total. The molecule has 1 unspecified atom stereocenters. The van der Waals surface area contributed by atoms with Gasteiger partial charge in [0.2, 0.25) is 0 Å². The summed E-state index contributed by atoms with van der Waals surface area (Å²) in [5.74, 6) is 0.222. The summed E-state index contributed by atoms with van der Waals surface area (Å²) in [5, 5.41) is 1.18.